The van der Waals surface area contributed by atoms with Gasteiger partial charge >= 0.3 is 0 Å². The average Bonchev–Trinajstić information content (AvgIpc) is 2.77. The Labute approximate surface area is 97.8 Å². The molecule has 0 radical (unpaired) electrons. The second kappa shape index (κ2) is 5.94. The van der Waals surface area contributed by atoms with Crippen LogP contribution in [0.1, 0.15) is 26.2 Å². The number of likely N-dealkylation sites (tertiary alicyclic amines) is 1. The lowest BCUT2D eigenvalue weighted by Gasteiger charge is -2.30. The summed E-state index contributed by atoms with van der Waals surface area (Å²) >= 11 is 0. The van der Waals surface area contributed by atoms with E-state index in [1.807, 2.05) is 18.3 Å². The van der Waals surface area contributed by atoms with E-state index in [1.165, 1.54) is 32.5 Å². The summed E-state index contributed by atoms with van der Waals surface area (Å²) in [5.41, 5.74) is 0. The Balaban J connectivity index is 1.57. The molecule has 3 heteroatoms. The van der Waals surface area contributed by atoms with Crippen molar-refractivity contribution in [1.82, 2.24) is 9.88 Å². The molecule has 1 aromatic rings. The molecule has 1 fully saturated rings. The molecule has 90 valence electrons. The molecule has 1 saturated heterocycles. The molecule has 0 saturated carbocycles. The minimum atomic E-state index is 0.811. The summed E-state index contributed by atoms with van der Waals surface area (Å²) in [4.78, 5) is 5.61. The Kier molecular flexibility index (Phi) is 4.28. The molecule has 0 aliphatic carbocycles. The number of H-pyrrole nitrogens is 1. The van der Waals surface area contributed by atoms with Crippen molar-refractivity contribution in [3.63, 3.8) is 0 Å². The number of nitrogens with one attached hydrogen (secondary N) is 1. The maximum absolute atomic E-state index is 5.58. The zero-order chi connectivity index (χ0) is 11.2. The van der Waals surface area contributed by atoms with Crippen molar-refractivity contribution in [3.8, 4) is 5.88 Å². The highest BCUT2D eigenvalue weighted by atomic mass is 16.5. The first-order valence-electron chi connectivity index (χ1n) is 6.33. The molecule has 2 heterocycles. The van der Waals surface area contributed by atoms with Gasteiger partial charge in [0, 0.05) is 19.3 Å². The molecule has 2 rings (SSSR count). The lowest BCUT2D eigenvalue weighted by Crippen LogP contribution is -2.35. The summed E-state index contributed by atoms with van der Waals surface area (Å²) < 4.78 is 5.58. The molecule has 1 unspecified atom stereocenters. The third kappa shape index (κ3) is 3.56. The maximum Gasteiger partial charge on any atom is 0.190 e. The summed E-state index contributed by atoms with van der Waals surface area (Å²) in [6, 6.07) is 3.92. The molecule has 1 aliphatic rings. The summed E-state index contributed by atoms with van der Waals surface area (Å²) in [5.74, 6) is 1.75. The highest BCUT2D eigenvalue weighted by Crippen LogP contribution is 2.15. The van der Waals surface area contributed by atoms with Crippen molar-refractivity contribution >= 4 is 0 Å². The second-order valence-electron chi connectivity index (χ2n) is 4.78. The fourth-order valence-corrected chi connectivity index (χ4v) is 2.36. The lowest BCUT2D eigenvalue weighted by atomic mass is 10.0. The van der Waals surface area contributed by atoms with Crippen LogP contribution in [0.15, 0.2) is 18.3 Å². The van der Waals surface area contributed by atoms with E-state index < -0.39 is 0 Å². The van der Waals surface area contributed by atoms with Crippen LogP contribution in [0.4, 0.5) is 0 Å². The first kappa shape index (κ1) is 11.5. The molecule has 0 bridgehead atoms. The van der Waals surface area contributed by atoms with Crippen LogP contribution in [0, 0.1) is 5.92 Å². The van der Waals surface area contributed by atoms with Gasteiger partial charge in [-0.15, -0.1) is 0 Å². The van der Waals surface area contributed by atoms with Crippen molar-refractivity contribution in [3.05, 3.63) is 18.3 Å². The Hall–Kier alpha value is -0.960. The van der Waals surface area contributed by atoms with Crippen molar-refractivity contribution < 1.29 is 4.74 Å². The monoisotopic (exact) mass is 222 g/mol. The Morgan fingerprint density at radius 2 is 2.50 bits per heavy atom. The molecule has 1 atom stereocenters. The van der Waals surface area contributed by atoms with Crippen LogP contribution in [0.2, 0.25) is 0 Å². The van der Waals surface area contributed by atoms with E-state index in [9.17, 15) is 0 Å². The molecule has 1 aromatic heterocycles. The predicted octanol–water partition coefficient (Wildman–Crippen LogP) is 2.52. The van der Waals surface area contributed by atoms with Gasteiger partial charge in [-0.2, -0.15) is 0 Å². The number of aromatic nitrogens is 1. The Morgan fingerprint density at radius 1 is 1.56 bits per heavy atom. The van der Waals surface area contributed by atoms with E-state index in [0.29, 0.717) is 0 Å². The van der Waals surface area contributed by atoms with Crippen molar-refractivity contribution in [2.45, 2.75) is 26.2 Å². The van der Waals surface area contributed by atoms with Crippen LogP contribution >= 0.6 is 0 Å². The molecule has 0 amide bonds. The second-order valence-corrected chi connectivity index (χ2v) is 4.78. The summed E-state index contributed by atoms with van der Waals surface area (Å²) in [6.07, 6.45) is 5.77. The van der Waals surface area contributed by atoms with E-state index in [4.69, 9.17) is 4.74 Å². The van der Waals surface area contributed by atoms with Gasteiger partial charge in [-0.3, -0.25) is 0 Å². The molecule has 0 aromatic carbocycles. The van der Waals surface area contributed by atoms with Gasteiger partial charge in [0.15, 0.2) is 5.88 Å². The van der Waals surface area contributed by atoms with E-state index >= 15 is 0 Å². The van der Waals surface area contributed by atoms with E-state index in [-0.39, 0.29) is 0 Å². The predicted molar refractivity (Wildman–Crippen MR) is 65.7 cm³/mol. The third-order valence-corrected chi connectivity index (χ3v) is 3.19. The highest BCUT2D eigenvalue weighted by Gasteiger charge is 2.15. The zero-order valence-corrected chi connectivity index (χ0v) is 10.1. The first-order chi connectivity index (χ1) is 7.84. The van der Waals surface area contributed by atoms with Gasteiger partial charge in [-0.1, -0.05) is 6.92 Å². The molecule has 16 heavy (non-hydrogen) atoms. The third-order valence-electron chi connectivity index (χ3n) is 3.19. The van der Waals surface area contributed by atoms with Crippen LogP contribution < -0.4 is 4.74 Å². The van der Waals surface area contributed by atoms with Crippen LogP contribution in [0.3, 0.4) is 0 Å². The molecule has 0 spiro atoms. The smallest absolute Gasteiger partial charge is 0.190 e. The minimum absolute atomic E-state index is 0.811. The fourth-order valence-electron chi connectivity index (χ4n) is 2.36. The van der Waals surface area contributed by atoms with Gasteiger partial charge in [0.2, 0.25) is 0 Å². The largest absolute Gasteiger partial charge is 0.479 e. The summed E-state index contributed by atoms with van der Waals surface area (Å²) in [5, 5.41) is 0. The van der Waals surface area contributed by atoms with Crippen molar-refractivity contribution in [2.75, 3.05) is 26.2 Å². The van der Waals surface area contributed by atoms with Gasteiger partial charge in [-0.05, 0) is 43.9 Å². The number of hydrogen-bond donors (Lipinski definition) is 1. The van der Waals surface area contributed by atoms with Gasteiger partial charge in [0.25, 0.3) is 0 Å². The number of piperidine rings is 1. The van der Waals surface area contributed by atoms with Gasteiger partial charge in [0.1, 0.15) is 0 Å². The van der Waals surface area contributed by atoms with Crippen molar-refractivity contribution in [2.24, 2.45) is 5.92 Å². The van der Waals surface area contributed by atoms with Gasteiger partial charge < -0.3 is 14.6 Å². The van der Waals surface area contributed by atoms with Crippen molar-refractivity contribution in [1.29, 1.82) is 0 Å². The number of aromatic amines is 1. The average molecular weight is 222 g/mol. The van der Waals surface area contributed by atoms with Gasteiger partial charge in [-0.25, -0.2) is 0 Å². The van der Waals surface area contributed by atoms with Crippen LogP contribution in [-0.2, 0) is 0 Å². The molecular formula is C13H22N2O. The lowest BCUT2D eigenvalue weighted by molar-refractivity contribution is 0.169. The maximum atomic E-state index is 5.58. The quantitative estimate of drug-likeness (QED) is 0.775. The van der Waals surface area contributed by atoms with E-state index in [2.05, 4.69) is 16.8 Å². The minimum Gasteiger partial charge on any atom is -0.479 e. The first-order valence-corrected chi connectivity index (χ1v) is 6.33. The summed E-state index contributed by atoms with van der Waals surface area (Å²) in [6.45, 7) is 6.87. The van der Waals surface area contributed by atoms with Crippen LogP contribution in [0.5, 0.6) is 5.88 Å². The topological polar surface area (TPSA) is 28.3 Å². The van der Waals surface area contributed by atoms with E-state index in [1.54, 1.807) is 0 Å². The van der Waals surface area contributed by atoms with Crippen LogP contribution in [0.25, 0.3) is 0 Å². The Morgan fingerprint density at radius 3 is 3.25 bits per heavy atom. The normalized spacial score (nSPS) is 22.2. The molecule has 3 nitrogen and oxygen atoms in total. The SMILES string of the molecule is CC1CCCN(CCCOc2ccc[nH]2)C1. The standard InChI is InChI=1S/C13H22N2O/c1-12-5-3-8-15(11-12)9-4-10-16-13-6-2-7-14-13/h2,6-7,12,14H,3-5,8-11H2,1H3. The van der Waals surface area contributed by atoms with E-state index in [0.717, 1.165) is 24.8 Å². The fraction of sp³-hybridized carbons (Fsp3) is 0.692. The Bertz CT molecular complexity index is 284. The number of nitrogens with zero attached hydrogens (tertiary/aromatic N) is 1. The zero-order valence-electron chi connectivity index (χ0n) is 10.1. The number of ether oxygens (including phenoxy) is 1. The van der Waals surface area contributed by atoms with Crippen LogP contribution in [-0.4, -0.2) is 36.1 Å². The van der Waals surface area contributed by atoms with Gasteiger partial charge in [0.05, 0.1) is 6.61 Å². The number of rotatable bonds is 5. The summed E-state index contributed by atoms with van der Waals surface area (Å²) in [7, 11) is 0. The highest BCUT2D eigenvalue weighted by molar-refractivity contribution is 5.09. The molecular weight excluding hydrogens is 200 g/mol. The molecule has 1 aliphatic heterocycles. The number of hydrogen-bond acceptors (Lipinski definition) is 2. The molecule has 1 N–H and O–H groups in total.